The molecule has 0 unspecified atom stereocenters. The zero-order valence-corrected chi connectivity index (χ0v) is 15.4. The Hall–Kier alpha value is -2.57. The lowest BCUT2D eigenvalue weighted by Gasteiger charge is -2.09. The maximum absolute atomic E-state index is 12.0. The van der Waals surface area contributed by atoms with Gasteiger partial charge in [0.2, 0.25) is 5.91 Å². The third-order valence-electron chi connectivity index (χ3n) is 4.39. The van der Waals surface area contributed by atoms with Crippen molar-refractivity contribution in [1.82, 2.24) is 9.97 Å². The normalized spacial score (nSPS) is 13.8. The number of thiophene rings is 2. The number of hydrogen-bond donors (Lipinski definition) is 1. The quantitative estimate of drug-likeness (QED) is 0.515. The first-order valence-corrected chi connectivity index (χ1v) is 10.2. The van der Waals surface area contributed by atoms with Crippen LogP contribution in [0.2, 0.25) is 0 Å². The molecule has 1 fully saturated rings. The van der Waals surface area contributed by atoms with E-state index >= 15 is 0 Å². The van der Waals surface area contributed by atoms with Crippen LogP contribution in [0.3, 0.4) is 0 Å². The summed E-state index contributed by atoms with van der Waals surface area (Å²) in [7, 11) is 0. The molecule has 4 nitrogen and oxygen atoms in total. The van der Waals surface area contributed by atoms with Gasteiger partial charge in [0, 0.05) is 11.6 Å². The van der Waals surface area contributed by atoms with Gasteiger partial charge in [-0.05, 0) is 53.9 Å². The minimum atomic E-state index is 0.103. The van der Waals surface area contributed by atoms with Crippen molar-refractivity contribution < 1.29 is 4.79 Å². The first-order chi connectivity index (χ1) is 12.8. The molecule has 1 aliphatic rings. The van der Waals surface area contributed by atoms with Gasteiger partial charge < -0.3 is 5.32 Å². The first-order valence-electron chi connectivity index (χ1n) is 8.48. The summed E-state index contributed by atoms with van der Waals surface area (Å²) in [5, 5.41) is 7.09. The molecule has 1 saturated carbocycles. The van der Waals surface area contributed by atoms with Crippen LogP contribution in [0.25, 0.3) is 32.2 Å². The van der Waals surface area contributed by atoms with Crippen molar-refractivity contribution in [1.29, 1.82) is 0 Å². The van der Waals surface area contributed by atoms with E-state index in [0.29, 0.717) is 0 Å². The molecule has 6 heteroatoms. The summed E-state index contributed by atoms with van der Waals surface area (Å²) < 4.78 is 0. The van der Waals surface area contributed by atoms with Crippen molar-refractivity contribution in [3.63, 3.8) is 0 Å². The van der Waals surface area contributed by atoms with Crippen LogP contribution in [-0.4, -0.2) is 15.9 Å². The Kier molecular flexibility index (Phi) is 3.80. The molecule has 1 aliphatic carbocycles. The molecule has 0 spiro atoms. The Morgan fingerprint density at radius 2 is 1.58 bits per heavy atom. The van der Waals surface area contributed by atoms with Crippen LogP contribution >= 0.6 is 22.7 Å². The van der Waals surface area contributed by atoms with Gasteiger partial charge in [0.1, 0.15) is 11.4 Å². The Balaban J connectivity index is 1.63. The minimum absolute atomic E-state index is 0.103. The summed E-state index contributed by atoms with van der Waals surface area (Å²) in [5.74, 6) is 0.283. The fraction of sp³-hybridized carbons (Fsp3) is 0.150. The lowest BCUT2D eigenvalue weighted by atomic mass is 10.2. The molecular weight excluding hydrogens is 362 g/mol. The third kappa shape index (κ3) is 2.91. The highest BCUT2D eigenvalue weighted by Crippen LogP contribution is 2.36. The molecular formula is C20H15N3OS2. The number of nitrogens with one attached hydrogen (secondary N) is 1. The zero-order valence-electron chi connectivity index (χ0n) is 13.8. The molecule has 0 bridgehead atoms. The van der Waals surface area contributed by atoms with Crippen molar-refractivity contribution in [3.8, 4) is 21.1 Å². The molecule has 26 heavy (non-hydrogen) atoms. The monoisotopic (exact) mass is 377 g/mol. The highest BCUT2D eigenvalue weighted by atomic mass is 32.1. The van der Waals surface area contributed by atoms with Gasteiger partial charge in [-0.15, -0.1) is 22.7 Å². The number of nitrogens with zero attached hydrogens (tertiary/aromatic N) is 2. The molecule has 0 radical (unpaired) electrons. The van der Waals surface area contributed by atoms with E-state index < -0.39 is 0 Å². The van der Waals surface area contributed by atoms with E-state index in [-0.39, 0.29) is 11.8 Å². The van der Waals surface area contributed by atoms with Crippen LogP contribution in [0.15, 0.2) is 53.2 Å². The highest BCUT2D eigenvalue weighted by Gasteiger charge is 2.29. The van der Waals surface area contributed by atoms with Gasteiger partial charge in [-0.2, -0.15) is 0 Å². The second-order valence-corrected chi connectivity index (χ2v) is 8.24. The summed E-state index contributed by atoms with van der Waals surface area (Å²) in [5.41, 5.74) is 4.20. The van der Waals surface area contributed by atoms with E-state index in [9.17, 15) is 4.79 Å². The Labute approximate surface area is 158 Å². The van der Waals surface area contributed by atoms with Gasteiger partial charge in [0.05, 0.1) is 20.8 Å². The van der Waals surface area contributed by atoms with Gasteiger partial charge >= 0.3 is 0 Å². The van der Waals surface area contributed by atoms with Crippen molar-refractivity contribution >= 4 is 45.3 Å². The van der Waals surface area contributed by atoms with Gasteiger partial charge in [0.25, 0.3) is 0 Å². The topological polar surface area (TPSA) is 54.9 Å². The Bertz CT molecular complexity index is 1080. The predicted octanol–water partition coefficient (Wildman–Crippen LogP) is 5.44. The molecule has 1 aromatic carbocycles. The van der Waals surface area contributed by atoms with Crippen LogP contribution in [0, 0.1) is 5.92 Å². The molecule has 1 amide bonds. The minimum Gasteiger partial charge on any atom is -0.326 e. The number of hydrogen-bond acceptors (Lipinski definition) is 5. The van der Waals surface area contributed by atoms with Crippen LogP contribution in [0.4, 0.5) is 5.69 Å². The smallest absolute Gasteiger partial charge is 0.227 e. The maximum atomic E-state index is 12.0. The summed E-state index contributed by atoms with van der Waals surface area (Å²) in [6.45, 7) is 0. The number of rotatable bonds is 4. The number of benzene rings is 1. The molecule has 0 atom stereocenters. The molecule has 3 aromatic heterocycles. The molecule has 4 aromatic rings. The molecule has 0 aliphatic heterocycles. The number of amides is 1. The largest absolute Gasteiger partial charge is 0.326 e. The molecule has 0 saturated heterocycles. The summed E-state index contributed by atoms with van der Waals surface area (Å²) in [6.07, 6.45) is 1.98. The standard InChI is InChI=1S/C20H15N3OS2/c24-20(12-5-6-12)21-13-7-8-14-15(11-13)23-19(17-4-2-10-26-17)18(22-14)16-3-1-9-25-16/h1-4,7-12H,5-6H2,(H,21,24). The number of aromatic nitrogens is 2. The fourth-order valence-corrected chi connectivity index (χ4v) is 4.32. The third-order valence-corrected chi connectivity index (χ3v) is 6.14. The number of fused-ring (bicyclic) bond motifs is 1. The lowest BCUT2D eigenvalue weighted by Crippen LogP contribution is -2.13. The summed E-state index contributed by atoms with van der Waals surface area (Å²) in [4.78, 5) is 24.0. The van der Waals surface area contributed by atoms with E-state index in [2.05, 4.69) is 22.8 Å². The van der Waals surface area contributed by atoms with Gasteiger partial charge in [-0.25, -0.2) is 9.97 Å². The predicted molar refractivity (Wildman–Crippen MR) is 108 cm³/mol. The van der Waals surface area contributed by atoms with E-state index in [1.807, 2.05) is 35.7 Å². The van der Waals surface area contributed by atoms with E-state index in [1.165, 1.54) is 0 Å². The van der Waals surface area contributed by atoms with Crippen molar-refractivity contribution in [2.75, 3.05) is 5.32 Å². The maximum Gasteiger partial charge on any atom is 0.227 e. The van der Waals surface area contributed by atoms with E-state index in [0.717, 1.165) is 50.7 Å². The van der Waals surface area contributed by atoms with Gasteiger partial charge in [-0.3, -0.25) is 4.79 Å². The van der Waals surface area contributed by atoms with Crippen LogP contribution in [-0.2, 0) is 4.79 Å². The van der Waals surface area contributed by atoms with Crippen LogP contribution in [0.5, 0.6) is 0 Å². The molecule has 3 heterocycles. The van der Waals surface area contributed by atoms with E-state index in [4.69, 9.17) is 9.97 Å². The molecule has 5 rings (SSSR count). The van der Waals surface area contributed by atoms with Crippen LogP contribution < -0.4 is 5.32 Å². The Morgan fingerprint density at radius 1 is 0.923 bits per heavy atom. The van der Waals surface area contributed by atoms with Gasteiger partial charge in [-0.1, -0.05) is 12.1 Å². The first kappa shape index (κ1) is 15.7. The van der Waals surface area contributed by atoms with Crippen molar-refractivity contribution in [2.24, 2.45) is 5.92 Å². The number of carbonyl (C=O) groups is 1. The second-order valence-electron chi connectivity index (χ2n) is 6.34. The Morgan fingerprint density at radius 3 is 2.15 bits per heavy atom. The number of anilines is 1. The average molecular weight is 377 g/mol. The number of carbonyl (C=O) groups excluding carboxylic acids is 1. The zero-order chi connectivity index (χ0) is 17.5. The summed E-state index contributed by atoms with van der Waals surface area (Å²) >= 11 is 3.32. The fourth-order valence-electron chi connectivity index (χ4n) is 2.89. The second kappa shape index (κ2) is 6.30. The molecule has 1 N–H and O–H groups in total. The van der Waals surface area contributed by atoms with E-state index in [1.54, 1.807) is 22.7 Å². The lowest BCUT2D eigenvalue weighted by molar-refractivity contribution is -0.117. The van der Waals surface area contributed by atoms with Crippen molar-refractivity contribution in [2.45, 2.75) is 12.8 Å². The SMILES string of the molecule is O=C(Nc1ccc2nc(-c3cccs3)c(-c3cccs3)nc2c1)C1CC1. The van der Waals surface area contributed by atoms with Crippen LogP contribution in [0.1, 0.15) is 12.8 Å². The van der Waals surface area contributed by atoms with Gasteiger partial charge in [0.15, 0.2) is 0 Å². The summed E-state index contributed by atoms with van der Waals surface area (Å²) in [6, 6.07) is 13.9. The highest BCUT2D eigenvalue weighted by molar-refractivity contribution is 7.14. The average Bonchev–Trinajstić information content (AvgIpc) is 3.13. The molecule has 128 valence electrons. The van der Waals surface area contributed by atoms with Crippen molar-refractivity contribution in [3.05, 3.63) is 53.2 Å².